The van der Waals surface area contributed by atoms with Gasteiger partial charge in [-0.2, -0.15) is 0 Å². The van der Waals surface area contributed by atoms with Crippen molar-refractivity contribution in [3.8, 4) is 11.3 Å². The van der Waals surface area contributed by atoms with Crippen LogP contribution in [0.25, 0.3) is 17.3 Å². The molecule has 0 aliphatic rings. The molecule has 0 radical (unpaired) electrons. The highest BCUT2D eigenvalue weighted by atomic mass is 32.2. The largest absolute Gasteiger partial charge is 0.479 e. The summed E-state index contributed by atoms with van der Waals surface area (Å²) in [4.78, 5) is 19.7. The SMILES string of the molecule is CC(C)c1nc(NCS(C)(=O)=O)nc(-c2ccc(F)cc2)c1C=CCC[C@@H](O)C(O)C(=O)O. The second-order valence-electron chi connectivity index (χ2n) is 7.93. The van der Waals surface area contributed by atoms with Crippen molar-refractivity contribution in [1.82, 2.24) is 9.97 Å². The monoisotopic (exact) mass is 481 g/mol. The maximum absolute atomic E-state index is 13.5. The Labute approximate surface area is 192 Å². The van der Waals surface area contributed by atoms with E-state index in [1.165, 1.54) is 12.1 Å². The molecule has 0 aliphatic carbocycles. The maximum Gasteiger partial charge on any atom is 0.335 e. The molecule has 2 aromatic rings. The number of hydrogen-bond acceptors (Lipinski definition) is 8. The number of sulfone groups is 1. The van der Waals surface area contributed by atoms with E-state index in [0.29, 0.717) is 22.5 Å². The first-order valence-corrected chi connectivity index (χ1v) is 12.3. The molecule has 0 saturated heterocycles. The Morgan fingerprint density at radius 1 is 1.18 bits per heavy atom. The van der Waals surface area contributed by atoms with Gasteiger partial charge in [0.15, 0.2) is 15.9 Å². The number of anilines is 1. The number of hydrogen-bond donors (Lipinski definition) is 4. The van der Waals surface area contributed by atoms with Crippen molar-refractivity contribution in [2.24, 2.45) is 0 Å². The number of benzene rings is 1. The Morgan fingerprint density at radius 2 is 1.82 bits per heavy atom. The lowest BCUT2D eigenvalue weighted by molar-refractivity contribution is -0.152. The predicted octanol–water partition coefficient (Wildman–Crippen LogP) is 2.42. The van der Waals surface area contributed by atoms with Crippen LogP contribution in [0.4, 0.5) is 10.3 Å². The first-order chi connectivity index (χ1) is 15.4. The van der Waals surface area contributed by atoms with E-state index in [-0.39, 0.29) is 30.6 Å². The molecule has 4 N–H and O–H groups in total. The summed E-state index contributed by atoms with van der Waals surface area (Å²) in [5, 5.41) is 30.7. The highest BCUT2D eigenvalue weighted by Crippen LogP contribution is 2.30. The Bertz CT molecular complexity index is 1100. The standard InChI is InChI=1S/C22H28FN3O6S/c1-13(2)18-16(6-4-5-7-17(27)20(28)21(29)30)19(14-8-10-15(23)11-9-14)26-22(25-18)24-12-33(3,31)32/h4,6,8-11,13,17,20,27-28H,5,7,12H2,1-3H3,(H,29,30)(H,24,25,26)/t17-,20?/m1/s1. The third-order valence-electron chi connectivity index (χ3n) is 4.66. The normalized spacial score (nSPS) is 13.9. The lowest BCUT2D eigenvalue weighted by Gasteiger charge is -2.16. The minimum absolute atomic E-state index is 0.0156. The molecular formula is C22H28FN3O6S. The lowest BCUT2D eigenvalue weighted by Crippen LogP contribution is -2.33. The molecule has 0 bridgehead atoms. The molecule has 2 atom stereocenters. The molecule has 1 unspecified atom stereocenters. The number of aromatic nitrogens is 2. The third kappa shape index (κ3) is 7.88. The number of rotatable bonds is 11. The van der Waals surface area contributed by atoms with Crippen molar-refractivity contribution in [1.29, 1.82) is 0 Å². The first kappa shape index (κ1) is 26.4. The first-order valence-electron chi connectivity index (χ1n) is 10.2. The fourth-order valence-corrected chi connectivity index (χ4v) is 3.38. The van der Waals surface area contributed by atoms with Crippen LogP contribution in [-0.2, 0) is 14.6 Å². The Hall–Kier alpha value is -2.89. The van der Waals surface area contributed by atoms with Crippen LogP contribution in [0.1, 0.15) is 43.9 Å². The lowest BCUT2D eigenvalue weighted by atomic mass is 9.97. The van der Waals surface area contributed by atoms with Crippen molar-refractivity contribution in [3.05, 3.63) is 47.4 Å². The van der Waals surface area contributed by atoms with Gasteiger partial charge < -0.3 is 20.6 Å². The smallest absolute Gasteiger partial charge is 0.335 e. The summed E-state index contributed by atoms with van der Waals surface area (Å²) in [7, 11) is -3.33. The zero-order valence-electron chi connectivity index (χ0n) is 18.6. The van der Waals surface area contributed by atoms with E-state index in [4.69, 9.17) is 5.11 Å². The van der Waals surface area contributed by atoms with Crippen molar-refractivity contribution in [2.75, 3.05) is 17.4 Å². The number of aliphatic carboxylic acids is 1. The fraction of sp³-hybridized carbons (Fsp3) is 0.409. The van der Waals surface area contributed by atoms with Gasteiger partial charge in [0.2, 0.25) is 5.95 Å². The predicted molar refractivity (Wildman–Crippen MR) is 123 cm³/mol. The van der Waals surface area contributed by atoms with Crippen LogP contribution in [0.2, 0.25) is 0 Å². The van der Waals surface area contributed by atoms with Crippen LogP contribution in [0.5, 0.6) is 0 Å². The van der Waals surface area contributed by atoms with E-state index in [1.54, 1.807) is 24.3 Å². The molecule has 0 spiro atoms. The number of carboxylic acids is 1. The molecule has 0 aliphatic heterocycles. The van der Waals surface area contributed by atoms with Gasteiger partial charge in [-0.05, 0) is 43.0 Å². The van der Waals surface area contributed by atoms with E-state index in [2.05, 4.69) is 15.3 Å². The number of nitrogens with zero attached hydrogens (tertiary/aromatic N) is 2. The van der Waals surface area contributed by atoms with Crippen LogP contribution in [-0.4, -0.2) is 64.0 Å². The second-order valence-corrected chi connectivity index (χ2v) is 10.1. The number of aliphatic hydroxyl groups is 2. The number of halogens is 1. The van der Waals surface area contributed by atoms with Crippen LogP contribution in [0.15, 0.2) is 30.3 Å². The van der Waals surface area contributed by atoms with E-state index >= 15 is 0 Å². The third-order valence-corrected chi connectivity index (χ3v) is 5.33. The van der Waals surface area contributed by atoms with Crippen molar-refractivity contribution in [3.63, 3.8) is 0 Å². The van der Waals surface area contributed by atoms with Crippen LogP contribution < -0.4 is 5.32 Å². The van der Waals surface area contributed by atoms with E-state index < -0.39 is 33.8 Å². The maximum atomic E-state index is 13.5. The number of nitrogens with one attached hydrogen (secondary N) is 1. The Balaban J connectivity index is 2.45. The summed E-state index contributed by atoms with van der Waals surface area (Å²) in [6, 6.07) is 5.67. The minimum Gasteiger partial charge on any atom is -0.479 e. The fourth-order valence-electron chi connectivity index (χ4n) is 2.98. The summed E-state index contributed by atoms with van der Waals surface area (Å²) in [6.45, 7) is 3.81. The summed E-state index contributed by atoms with van der Waals surface area (Å²) < 4.78 is 36.6. The molecule has 1 aromatic heterocycles. The van der Waals surface area contributed by atoms with Gasteiger partial charge in [-0.1, -0.05) is 26.0 Å². The van der Waals surface area contributed by atoms with E-state index in [9.17, 15) is 27.8 Å². The molecule has 2 rings (SSSR count). The molecular weight excluding hydrogens is 453 g/mol. The summed E-state index contributed by atoms with van der Waals surface area (Å²) in [6.07, 6.45) is 1.47. The van der Waals surface area contributed by atoms with Gasteiger partial charge in [-0.3, -0.25) is 0 Å². The number of carbonyl (C=O) groups is 1. The zero-order chi connectivity index (χ0) is 24.8. The van der Waals surface area contributed by atoms with Crippen molar-refractivity contribution in [2.45, 2.75) is 44.8 Å². The van der Waals surface area contributed by atoms with Crippen LogP contribution in [0.3, 0.4) is 0 Å². The second kappa shape index (κ2) is 11.3. The Kier molecular flexibility index (Phi) is 9.03. The number of aliphatic hydroxyl groups excluding tert-OH is 2. The highest BCUT2D eigenvalue weighted by molar-refractivity contribution is 7.90. The van der Waals surface area contributed by atoms with Crippen LogP contribution in [0, 0.1) is 5.82 Å². The molecule has 33 heavy (non-hydrogen) atoms. The summed E-state index contributed by atoms with van der Waals surface area (Å²) in [5.41, 5.74) is 2.27. The molecule has 11 heteroatoms. The van der Waals surface area contributed by atoms with E-state index in [1.807, 2.05) is 13.8 Å². The van der Waals surface area contributed by atoms with Gasteiger partial charge in [-0.25, -0.2) is 27.6 Å². The summed E-state index contributed by atoms with van der Waals surface area (Å²) >= 11 is 0. The number of carboxylic acid groups (broad SMARTS) is 1. The highest BCUT2D eigenvalue weighted by Gasteiger charge is 2.22. The van der Waals surface area contributed by atoms with Gasteiger partial charge in [-0.15, -0.1) is 0 Å². The molecule has 9 nitrogen and oxygen atoms in total. The Morgan fingerprint density at radius 3 is 2.36 bits per heavy atom. The average Bonchev–Trinajstić information content (AvgIpc) is 2.74. The summed E-state index contributed by atoms with van der Waals surface area (Å²) in [5.74, 6) is -2.24. The molecule has 0 amide bonds. The molecule has 180 valence electrons. The van der Waals surface area contributed by atoms with Gasteiger partial charge in [0.1, 0.15) is 11.7 Å². The topological polar surface area (TPSA) is 150 Å². The molecule has 0 fully saturated rings. The van der Waals surface area contributed by atoms with Gasteiger partial charge >= 0.3 is 5.97 Å². The molecule has 1 aromatic carbocycles. The zero-order valence-corrected chi connectivity index (χ0v) is 19.4. The van der Waals surface area contributed by atoms with Crippen molar-refractivity contribution >= 4 is 27.8 Å². The van der Waals surface area contributed by atoms with Crippen LogP contribution >= 0.6 is 0 Å². The van der Waals surface area contributed by atoms with E-state index in [0.717, 1.165) is 6.26 Å². The average molecular weight is 482 g/mol. The minimum atomic E-state index is -3.33. The quantitative estimate of drug-likeness (QED) is 0.379. The van der Waals surface area contributed by atoms with Gasteiger partial charge in [0.05, 0.1) is 17.5 Å². The van der Waals surface area contributed by atoms with Crippen molar-refractivity contribution < 1.29 is 32.9 Å². The van der Waals surface area contributed by atoms with Gasteiger partial charge in [0.25, 0.3) is 0 Å². The van der Waals surface area contributed by atoms with Gasteiger partial charge in [0, 0.05) is 17.4 Å². The molecule has 1 heterocycles. The molecule has 0 saturated carbocycles. The number of allylic oxidation sites excluding steroid dienone is 1.